The number of carbonyl (C=O) groups is 1. The van der Waals surface area contributed by atoms with E-state index in [9.17, 15) is 21.6 Å². The van der Waals surface area contributed by atoms with Crippen molar-refractivity contribution < 1.29 is 21.6 Å². The highest BCUT2D eigenvalue weighted by Crippen LogP contribution is 2.25. The molecule has 1 aliphatic rings. The molecule has 1 unspecified atom stereocenters. The topological polar surface area (TPSA) is 117 Å². The summed E-state index contributed by atoms with van der Waals surface area (Å²) in [5.41, 5.74) is 1.31. The van der Waals surface area contributed by atoms with Gasteiger partial charge in [0, 0.05) is 56.1 Å². The molecule has 0 bridgehead atoms. The average Bonchev–Trinajstić information content (AvgIpc) is 3.32. The highest BCUT2D eigenvalue weighted by molar-refractivity contribution is 7.92. The van der Waals surface area contributed by atoms with E-state index in [4.69, 9.17) is 0 Å². The normalized spacial score (nSPS) is 17.1. The molecule has 1 aliphatic heterocycles. The lowest BCUT2D eigenvalue weighted by Crippen LogP contribution is -2.32. The summed E-state index contributed by atoms with van der Waals surface area (Å²) in [4.78, 5) is 18.7. The zero-order chi connectivity index (χ0) is 24.1. The minimum absolute atomic E-state index is 0.0988. The summed E-state index contributed by atoms with van der Waals surface area (Å²) in [7, 11) is -7.29. The van der Waals surface area contributed by atoms with E-state index < -0.39 is 20.0 Å². The molecule has 0 radical (unpaired) electrons. The molecule has 1 saturated heterocycles. The van der Waals surface area contributed by atoms with Gasteiger partial charge < -0.3 is 4.90 Å². The Kier molecular flexibility index (Phi) is 8.01. The van der Waals surface area contributed by atoms with E-state index >= 15 is 0 Å². The lowest BCUT2D eigenvalue weighted by atomic mass is 10.1. The van der Waals surface area contributed by atoms with Crippen LogP contribution in [0.15, 0.2) is 65.7 Å². The van der Waals surface area contributed by atoms with Crippen molar-refractivity contribution in [2.75, 3.05) is 26.2 Å². The van der Waals surface area contributed by atoms with E-state index in [1.165, 1.54) is 28.6 Å². The molecule has 0 aliphatic carbocycles. The van der Waals surface area contributed by atoms with Crippen molar-refractivity contribution >= 4 is 26.0 Å². The van der Waals surface area contributed by atoms with Crippen LogP contribution in [0.3, 0.4) is 0 Å². The Morgan fingerprint density at radius 2 is 1.97 bits per heavy atom. The van der Waals surface area contributed by atoms with Crippen LogP contribution in [0.1, 0.15) is 29.3 Å². The van der Waals surface area contributed by atoms with Crippen LogP contribution < -0.4 is 4.72 Å². The lowest BCUT2D eigenvalue weighted by molar-refractivity contribution is 0.0752. The van der Waals surface area contributed by atoms with Gasteiger partial charge in [0.1, 0.15) is 0 Å². The number of aromatic nitrogens is 1. The van der Waals surface area contributed by atoms with Crippen molar-refractivity contribution in [3.8, 4) is 0 Å². The number of carbonyl (C=O) groups excluding carboxylic acids is 1. The van der Waals surface area contributed by atoms with Gasteiger partial charge in [-0.2, -0.15) is 4.31 Å². The number of pyridine rings is 1. The predicted octanol–water partition coefficient (Wildman–Crippen LogP) is 1.82. The van der Waals surface area contributed by atoms with Gasteiger partial charge in [0.05, 0.1) is 4.90 Å². The van der Waals surface area contributed by atoms with Crippen LogP contribution in [0.5, 0.6) is 0 Å². The largest absolute Gasteiger partial charge is 0.335 e. The van der Waals surface area contributed by atoms with E-state index in [2.05, 4.69) is 16.3 Å². The number of sulfonamides is 2. The van der Waals surface area contributed by atoms with E-state index in [0.29, 0.717) is 31.6 Å². The van der Waals surface area contributed by atoms with E-state index in [1.54, 1.807) is 17.3 Å². The molecule has 1 atom stereocenters. The monoisotopic (exact) mass is 492 g/mol. The Morgan fingerprint density at radius 1 is 1.24 bits per heavy atom. The van der Waals surface area contributed by atoms with Crippen molar-refractivity contribution in [2.24, 2.45) is 5.92 Å². The Balaban J connectivity index is 1.66. The van der Waals surface area contributed by atoms with E-state index in [1.807, 2.05) is 19.1 Å². The number of nitrogens with one attached hydrogen (secondary N) is 1. The van der Waals surface area contributed by atoms with Crippen molar-refractivity contribution in [1.82, 2.24) is 18.9 Å². The van der Waals surface area contributed by atoms with Crippen molar-refractivity contribution in [3.63, 3.8) is 0 Å². The lowest BCUT2D eigenvalue weighted by Gasteiger charge is -2.21. The van der Waals surface area contributed by atoms with Crippen LogP contribution in [0.4, 0.5) is 0 Å². The van der Waals surface area contributed by atoms with Gasteiger partial charge in [0.2, 0.25) is 20.0 Å². The summed E-state index contributed by atoms with van der Waals surface area (Å²) < 4.78 is 52.8. The van der Waals surface area contributed by atoms with Crippen LogP contribution in [0.25, 0.3) is 0 Å². The first-order valence-electron chi connectivity index (χ1n) is 10.6. The van der Waals surface area contributed by atoms with Gasteiger partial charge in [-0.15, -0.1) is 0 Å². The fourth-order valence-electron chi connectivity index (χ4n) is 3.62. The molecular formula is C22H28N4O5S2. The summed E-state index contributed by atoms with van der Waals surface area (Å²) in [6.07, 6.45) is 3.93. The third-order valence-electron chi connectivity index (χ3n) is 5.55. The first-order valence-corrected chi connectivity index (χ1v) is 13.6. The molecule has 1 amide bonds. The van der Waals surface area contributed by atoms with Gasteiger partial charge in [0.15, 0.2) is 0 Å². The number of rotatable bonds is 10. The van der Waals surface area contributed by atoms with Crippen LogP contribution in [-0.4, -0.2) is 63.1 Å². The van der Waals surface area contributed by atoms with Gasteiger partial charge in [-0.1, -0.05) is 12.6 Å². The SMILES string of the molecule is C=CS(=O)(=O)NCC1CCN(S(=O)(=O)c2ccc(C(=O)N(CC)Cc3cccnc3)cc2)C1. The molecule has 1 aromatic carbocycles. The fraction of sp³-hybridized carbons (Fsp3) is 0.364. The Hall–Kier alpha value is -2.60. The fourth-order valence-corrected chi connectivity index (χ4v) is 5.73. The Morgan fingerprint density at radius 3 is 2.58 bits per heavy atom. The third-order valence-corrected chi connectivity index (χ3v) is 8.43. The molecule has 3 rings (SSSR count). The third kappa shape index (κ3) is 6.26. The molecule has 11 heteroatoms. The van der Waals surface area contributed by atoms with Gasteiger partial charge in [-0.3, -0.25) is 9.78 Å². The van der Waals surface area contributed by atoms with Crippen LogP contribution in [0, 0.1) is 5.92 Å². The van der Waals surface area contributed by atoms with E-state index in [-0.39, 0.29) is 29.8 Å². The molecule has 2 heterocycles. The Bertz CT molecular complexity index is 1180. The molecule has 1 N–H and O–H groups in total. The number of amides is 1. The van der Waals surface area contributed by atoms with Gasteiger partial charge in [-0.25, -0.2) is 21.6 Å². The first kappa shape index (κ1) is 25.0. The highest BCUT2D eigenvalue weighted by Gasteiger charge is 2.33. The summed E-state index contributed by atoms with van der Waals surface area (Å²) in [6.45, 7) is 6.71. The second-order valence-electron chi connectivity index (χ2n) is 7.78. The molecule has 9 nitrogen and oxygen atoms in total. The zero-order valence-corrected chi connectivity index (χ0v) is 20.1. The second-order valence-corrected chi connectivity index (χ2v) is 11.4. The number of hydrogen-bond acceptors (Lipinski definition) is 6. The molecule has 1 aromatic heterocycles. The van der Waals surface area contributed by atoms with Gasteiger partial charge >= 0.3 is 0 Å². The van der Waals surface area contributed by atoms with Crippen molar-refractivity contribution in [3.05, 3.63) is 71.9 Å². The molecule has 33 heavy (non-hydrogen) atoms. The first-order chi connectivity index (χ1) is 15.7. The summed E-state index contributed by atoms with van der Waals surface area (Å²) in [5.74, 6) is -0.318. The Labute approximate surface area is 195 Å². The molecule has 178 valence electrons. The van der Waals surface area contributed by atoms with Crippen LogP contribution in [-0.2, 0) is 26.6 Å². The highest BCUT2D eigenvalue weighted by atomic mass is 32.2. The second kappa shape index (κ2) is 10.6. The molecule has 2 aromatic rings. The minimum atomic E-state index is -3.75. The standard InChI is InChI=1S/C22H28N4O5S2/c1-3-25(16-18-6-5-12-23-14-18)22(27)20-7-9-21(10-8-20)33(30,31)26-13-11-19(17-26)15-24-32(28,29)4-2/h4-10,12,14,19,24H,2-3,11,13,15-17H2,1H3. The zero-order valence-electron chi connectivity index (χ0n) is 18.4. The van der Waals surface area contributed by atoms with Crippen LogP contribution in [0.2, 0.25) is 0 Å². The minimum Gasteiger partial charge on any atom is -0.335 e. The predicted molar refractivity (Wildman–Crippen MR) is 125 cm³/mol. The molecule has 0 saturated carbocycles. The summed E-state index contributed by atoms with van der Waals surface area (Å²) in [6, 6.07) is 9.62. The molecule has 0 spiro atoms. The smallest absolute Gasteiger partial charge is 0.254 e. The van der Waals surface area contributed by atoms with Gasteiger partial charge in [-0.05, 0) is 55.2 Å². The maximum absolute atomic E-state index is 13.0. The van der Waals surface area contributed by atoms with Crippen LogP contribution >= 0.6 is 0 Å². The number of benzene rings is 1. The number of hydrogen-bond donors (Lipinski definition) is 1. The maximum atomic E-state index is 13.0. The molecular weight excluding hydrogens is 464 g/mol. The van der Waals surface area contributed by atoms with Gasteiger partial charge in [0.25, 0.3) is 5.91 Å². The maximum Gasteiger partial charge on any atom is 0.254 e. The van der Waals surface area contributed by atoms with E-state index in [0.717, 1.165) is 11.0 Å². The number of nitrogens with zero attached hydrogens (tertiary/aromatic N) is 3. The molecule has 1 fully saturated rings. The average molecular weight is 493 g/mol. The van der Waals surface area contributed by atoms with Crippen molar-refractivity contribution in [2.45, 2.75) is 24.8 Å². The summed E-state index contributed by atoms with van der Waals surface area (Å²) in [5, 5.41) is 0.829. The summed E-state index contributed by atoms with van der Waals surface area (Å²) >= 11 is 0. The quantitative estimate of drug-likeness (QED) is 0.541. The van der Waals surface area contributed by atoms with Crippen molar-refractivity contribution in [1.29, 1.82) is 0 Å².